The van der Waals surface area contributed by atoms with Crippen LogP contribution < -0.4 is 0 Å². The van der Waals surface area contributed by atoms with Gasteiger partial charge in [0.1, 0.15) is 6.04 Å². The molecule has 5 heteroatoms. The van der Waals surface area contributed by atoms with Gasteiger partial charge < -0.3 is 9.47 Å². The Balaban J connectivity index is 3.73. The molecule has 0 saturated heterocycles. The Labute approximate surface area is 192 Å². The molecule has 5 nitrogen and oxygen atoms in total. The number of carbonyl (C=O) groups is 2. The van der Waals surface area contributed by atoms with Gasteiger partial charge in [0.2, 0.25) is 0 Å². The Morgan fingerprint density at radius 3 is 1.52 bits per heavy atom. The second-order valence-electron chi connectivity index (χ2n) is 9.18. The number of unbranched alkanes of at least 4 members (excludes halogenated alkanes) is 13. The van der Waals surface area contributed by atoms with Gasteiger partial charge in [0.05, 0.1) is 13.2 Å². The van der Waals surface area contributed by atoms with E-state index in [0.717, 1.165) is 19.3 Å². The zero-order valence-corrected chi connectivity index (χ0v) is 21.3. The first-order valence-electron chi connectivity index (χ1n) is 13.0. The van der Waals surface area contributed by atoms with Gasteiger partial charge in [-0.1, -0.05) is 111 Å². The van der Waals surface area contributed by atoms with Crippen molar-refractivity contribution in [2.45, 2.75) is 130 Å². The van der Waals surface area contributed by atoms with E-state index in [2.05, 4.69) is 6.92 Å². The van der Waals surface area contributed by atoms with Crippen molar-refractivity contribution < 1.29 is 19.1 Å². The lowest BCUT2D eigenvalue weighted by Gasteiger charge is -2.28. The van der Waals surface area contributed by atoms with Crippen LogP contribution in [0.2, 0.25) is 0 Å². The molecule has 0 rings (SSSR count). The lowest BCUT2D eigenvalue weighted by Crippen LogP contribution is -2.46. The van der Waals surface area contributed by atoms with E-state index < -0.39 is 12.1 Å². The predicted octanol–water partition coefficient (Wildman–Crippen LogP) is 7.51. The van der Waals surface area contributed by atoms with E-state index in [9.17, 15) is 9.59 Å². The molecule has 0 heterocycles. The summed E-state index contributed by atoms with van der Waals surface area (Å²) in [6, 6.07) is -0.601. The Bertz CT molecular complexity index is 439. The highest BCUT2D eigenvalue weighted by Crippen LogP contribution is 2.15. The summed E-state index contributed by atoms with van der Waals surface area (Å²) >= 11 is 0. The third kappa shape index (κ3) is 16.1. The summed E-state index contributed by atoms with van der Waals surface area (Å²) < 4.78 is 10.6. The summed E-state index contributed by atoms with van der Waals surface area (Å²) in [5.41, 5.74) is 0. The molecule has 0 aromatic heterocycles. The monoisotopic (exact) mass is 441 g/mol. The van der Waals surface area contributed by atoms with Gasteiger partial charge in [0.15, 0.2) is 0 Å². The Morgan fingerprint density at radius 2 is 1.10 bits per heavy atom. The molecule has 0 aromatic rings. The molecule has 0 fully saturated rings. The van der Waals surface area contributed by atoms with Crippen molar-refractivity contribution in [2.75, 3.05) is 20.3 Å². The summed E-state index contributed by atoms with van der Waals surface area (Å²) in [6.07, 6.45) is 18.5. The van der Waals surface area contributed by atoms with Gasteiger partial charge in [-0.25, -0.2) is 9.59 Å². The van der Waals surface area contributed by atoms with Gasteiger partial charge in [-0.2, -0.15) is 0 Å². The molecular formula is C26H51NO4. The van der Waals surface area contributed by atoms with Crippen LogP contribution in [0.1, 0.15) is 124 Å². The number of ether oxygens (including phenoxy) is 2. The highest BCUT2D eigenvalue weighted by molar-refractivity contribution is 5.81. The van der Waals surface area contributed by atoms with Gasteiger partial charge in [0.25, 0.3) is 0 Å². The van der Waals surface area contributed by atoms with Crippen molar-refractivity contribution in [2.24, 2.45) is 5.92 Å². The van der Waals surface area contributed by atoms with E-state index in [4.69, 9.17) is 9.47 Å². The smallest absolute Gasteiger partial charge is 0.410 e. The fourth-order valence-corrected chi connectivity index (χ4v) is 3.84. The number of carbonyl (C=O) groups excluding carboxylic acids is 2. The quantitative estimate of drug-likeness (QED) is 0.145. The van der Waals surface area contributed by atoms with Crippen molar-refractivity contribution in [1.29, 1.82) is 0 Å². The highest BCUT2D eigenvalue weighted by Gasteiger charge is 2.31. The minimum absolute atomic E-state index is 0.0250. The van der Waals surface area contributed by atoms with Crippen LogP contribution in [-0.2, 0) is 14.3 Å². The topological polar surface area (TPSA) is 55.8 Å². The summed E-state index contributed by atoms with van der Waals surface area (Å²) in [5.74, 6) is -0.358. The lowest BCUT2D eigenvalue weighted by atomic mass is 10.0. The molecule has 0 aromatic carbocycles. The standard InChI is InChI=1S/C26H51NO4/c1-6-8-9-10-11-12-13-14-15-16-17-18-19-20-22-30-25(28)24(23(3)4)27(5)26(29)31-21-7-2/h23-24H,6-22H2,1-5H3. The molecule has 1 amide bonds. The molecule has 0 radical (unpaired) electrons. The van der Waals surface area contributed by atoms with Gasteiger partial charge >= 0.3 is 12.1 Å². The van der Waals surface area contributed by atoms with E-state index in [0.29, 0.717) is 13.2 Å². The minimum atomic E-state index is -0.601. The van der Waals surface area contributed by atoms with Gasteiger partial charge in [-0.15, -0.1) is 0 Å². The number of amides is 1. The Kier molecular flexibility index (Phi) is 19.8. The van der Waals surface area contributed by atoms with Crippen LogP contribution in [0.5, 0.6) is 0 Å². The van der Waals surface area contributed by atoms with Crippen LogP contribution in [0.4, 0.5) is 4.79 Å². The van der Waals surface area contributed by atoms with Gasteiger partial charge in [0, 0.05) is 7.05 Å². The zero-order valence-electron chi connectivity index (χ0n) is 21.3. The Morgan fingerprint density at radius 1 is 0.645 bits per heavy atom. The van der Waals surface area contributed by atoms with Crippen LogP contribution in [0, 0.1) is 5.92 Å². The lowest BCUT2D eigenvalue weighted by molar-refractivity contribution is -0.150. The van der Waals surface area contributed by atoms with E-state index in [1.807, 2.05) is 20.8 Å². The molecule has 0 spiro atoms. The SMILES string of the molecule is CCCCCCCCCCCCCCCCOC(=O)C(C(C)C)N(C)C(=O)OCCC. The van der Waals surface area contributed by atoms with E-state index in [1.54, 1.807) is 7.05 Å². The average molecular weight is 442 g/mol. The largest absolute Gasteiger partial charge is 0.464 e. The summed E-state index contributed by atoms with van der Waals surface area (Å²) in [6.45, 7) is 8.84. The fourth-order valence-electron chi connectivity index (χ4n) is 3.84. The molecular weight excluding hydrogens is 390 g/mol. The summed E-state index contributed by atoms with van der Waals surface area (Å²) in [5, 5.41) is 0. The summed E-state index contributed by atoms with van der Waals surface area (Å²) in [7, 11) is 1.61. The fraction of sp³-hybridized carbons (Fsp3) is 0.923. The molecule has 1 atom stereocenters. The molecule has 0 aliphatic heterocycles. The first-order chi connectivity index (χ1) is 15.0. The second-order valence-corrected chi connectivity index (χ2v) is 9.18. The molecule has 0 N–H and O–H groups in total. The molecule has 0 aliphatic carbocycles. The first kappa shape index (κ1) is 29.7. The maximum atomic E-state index is 12.5. The van der Waals surface area contributed by atoms with Gasteiger partial charge in [-0.05, 0) is 18.8 Å². The second kappa shape index (κ2) is 20.6. The summed E-state index contributed by atoms with van der Waals surface area (Å²) in [4.78, 5) is 25.9. The minimum Gasteiger partial charge on any atom is -0.464 e. The number of rotatable bonds is 20. The van der Waals surface area contributed by atoms with Crippen LogP contribution in [0.3, 0.4) is 0 Å². The van der Waals surface area contributed by atoms with Crippen molar-refractivity contribution in [3.05, 3.63) is 0 Å². The maximum Gasteiger partial charge on any atom is 0.410 e. The zero-order chi connectivity index (χ0) is 23.3. The van der Waals surface area contributed by atoms with Gasteiger partial charge in [-0.3, -0.25) is 4.90 Å². The van der Waals surface area contributed by atoms with E-state index >= 15 is 0 Å². The highest BCUT2D eigenvalue weighted by atomic mass is 16.6. The van der Waals surface area contributed by atoms with Crippen molar-refractivity contribution in [3.8, 4) is 0 Å². The molecule has 0 bridgehead atoms. The molecule has 31 heavy (non-hydrogen) atoms. The molecule has 1 unspecified atom stereocenters. The third-order valence-corrected chi connectivity index (χ3v) is 5.75. The molecule has 0 aliphatic rings. The van der Waals surface area contributed by atoms with E-state index in [1.165, 1.54) is 81.9 Å². The average Bonchev–Trinajstić information content (AvgIpc) is 2.74. The van der Waals surface area contributed by atoms with E-state index in [-0.39, 0.29) is 11.9 Å². The molecule has 184 valence electrons. The number of nitrogens with zero attached hydrogens (tertiary/aromatic N) is 1. The number of esters is 1. The van der Waals surface area contributed by atoms with Crippen LogP contribution in [-0.4, -0.2) is 43.3 Å². The number of hydrogen-bond donors (Lipinski definition) is 0. The Hall–Kier alpha value is -1.26. The van der Waals surface area contributed by atoms with Crippen LogP contribution in [0.25, 0.3) is 0 Å². The van der Waals surface area contributed by atoms with Crippen molar-refractivity contribution in [3.63, 3.8) is 0 Å². The predicted molar refractivity (Wildman–Crippen MR) is 129 cm³/mol. The van der Waals surface area contributed by atoms with Crippen molar-refractivity contribution in [1.82, 2.24) is 4.90 Å². The van der Waals surface area contributed by atoms with Crippen LogP contribution in [0.15, 0.2) is 0 Å². The number of likely N-dealkylation sites (N-methyl/N-ethyl adjacent to an activating group) is 1. The first-order valence-corrected chi connectivity index (χ1v) is 13.0. The molecule has 0 saturated carbocycles. The maximum absolute atomic E-state index is 12.5. The third-order valence-electron chi connectivity index (χ3n) is 5.75. The van der Waals surface area contributed by atoms with Crippen molar-refractivity contribution >= 4 is 12.1 Å². The number of hydrogen-bond acceptors (Lipinski definition) is 4. The van der Waals surface area contributed by atoms with Crippen LogP contribution >= 0.6 is 0 Å². The normalized spacial score (nSPS) is 12.1.